The Kier molecular flexibility index (Phi) is 10.0. The molecule has 1 aliphatic heterocycles. The van der Waals surface area contributed by atoms with Gasteiger partial charge in [0.25, 0.3) is 5.56 Å². The van der Waals surface area contributed by atoms with E-state index in [0.717, 1.165) is 48.1 Å². The van der Waals surface area contributed by atoms with E-state index in [1.54, 1.807) is 18.2 Å². The van der Waals surface area contributed by atoms with Crippen LogP contribution in [-0.4, -0.2) is 28.7 Å². The molecule has 1 aliphatic rings. The highest BCUT2D eigenvalue weighted by molar-refractivity contribution is 6.32. The lowest BCUT2D eigenvalue weighted by molar-refractivity contribution is -0.138. The number of alkyl halides is 3. The van der Waals surface area contributed by atoms with Crippen LogP contribution in [0.5, 0.6) is 0 Å². The zero-order chi connectivity index (χ0) is 20.3. The number of pyridine rings is 1. The molecule has 1 saturated heterocycles. The smallest absolute Gasteiger partial charge is 0.370 e. The molecular formula is C20H25Cl3F3N3O. The third-order valence-corrected chi connectivity index (χ3v) is 5.30. The maximum atomic E-state index is 13.0. The van der Waals surface area contributed by atoms with Crippen LogP contribution in [0.2, 0.25) is 5.02 Å². The van der Waals surface area contributed by atoms with E-state index in [2.05, 4.69) is 17.1 Å². The van der Waals surface area contributed by atoms with Gasteiger partial charge in [0.15, 0.2) is 0 Å². The summed E-state index contributed by atoms with van der Waals surface area (Å²) in [6.07, 6.45) is 0.919. The van der Waals surface area contributed by atoms with Gasteiger partial charge in [-0.2, -0.15) is 13.2 Å². The largest absolute Gasteiger partial charge is 0.417 e. The minimum Gasteiger partial charge on any atom is -0.370 e. The van der Waals surface area contributed by atoms with Gasteiger partial charge in [-0.15, -0.1) is 24.8 Å². The van der Waals surface area contributed by atoms with Gasteiger partial charge in [-0.1, -0.05) is 24.9 Å². The van der Waals surface area contributed by atoms with E-state index in [1.807, 2.05) is 0 Å². The van der Waals surface area contributed by atoms with Crippen LogP contribution >= 0.6 is 36.4 Å². The fourth-order valence-corrected chi connectivity index (χ4v) is 3.78. The molecule has 30 heavy (non-hydrogen) atoms. The monoisotopic (exact) mass is 485 g/mol. The Balaban J connectivity index is 0.00000225. The molecule has 0 saturated carbocycles. The molecule has 1 unspecified atom stereocenters. The van der Waals surface area contributed by atoms with Crippen molar-refractivity contribution in [2.45, 2.75) is 44.9 Å². The van der Waals surface area contributed by atoms with Crippen molar-refractivity contribution < 1.29 is 13.2 Å². The number of piperidine rings is 1. The molecule has 1 aromatic carbocycles. The molecule has 1 aromatic heterocycles. The highest BCUT2D eigenvalue weighted by Crippen LogP contribution is 2.30. The second-order valence-electron chi connectivity index (χ2n) is 6.95. The number of aromatic nitrogens is 1. The van der Waals surface area contributed by atoms with Gasteiger partial charge in [-0.25, -0.2) is 0 Å². The average Bonchev–Trinajstić information content (AvgIpc) is 2.67. The van der Waals surface area contributed by atoms with Crippen molar-refractivity contribution in [3.63, 3.8) is 0 Å². The van der Waals surface area contributed by atoms with Crippen molar-refractivity contribution in [2.24, 2.45) is 0 Å². The molecule has 1 N–H and O–H groups in total. The molecule has 0 bridgehead atoms. The summed E-state index contributed by atoms with van der Waals surface area (Å²) in [5.74, 6) is 0. The van der Waals surface area contributed by atoms with Crippen LogP contribution in [0.4, 0.5) is 18.9 Å². The van der Waals surface area contributed by atoms with Crippen molar-refractivity contribution in [2.75, 3.05) is 18.4 Å². The molecule has 2 heterocycles. The third-order valence-electron chi connectivity index (χ3n) is 5.00. The SMILES string of the molecule is CCC(Nc1ccc(-n2cc(C(F)(F)F)ccc2=O)c(Cl)c1)N1CCCCC1.Cl.Cl. The van der Waals surface area contributed by atoms with Crippen LogP contribution in [-0.2, 0) is 6.18 Å². The fraction of sp³-hybridized carbons (Fsp3) is 0.450. The Morgan fingerprint density at radius 1 is 1.10 bits per heavy atom. The predicted octanol–water partition coefficient (Wildman–Crippen LogP) is 5.99. The van der Waals surface area contributed by atoms with Crippen LogP contribution < -0.4 is 10.9 Å². The molecule has 1 atom stereocenters. The maximum absolute atomic E-state index is 13.0. The number of likely N-dealkylation sites (tertiary alicyclic amines) is 1. The Bertz CT molecular complexity index is 884. The van der Waals surface area contributed by atoms with Gasteiger partial charge >= 0.3 is 6.18 Å². The van der Waals surface area contributed by atoms with Gasteiger partial charge in [-0.05, 0) is 43.5 Å². The lowest BCUT2D eigenvalue weighted by atomic mass is 10.1. The molecule has 2 aromatic rings. The van der Waals surface area contributed by atoms with Gasteiger partial charge in [0.1, 0.15) is 0 Å². The summed E-state index contributed by atoms with van der Waals surface area (Å²) in [5.41, 5.74) is -0.489. The molecule has 168 valence electrons. The number of halogens is 6. The van der Waals surface area contributed by atoms with E-state index in [-0.39, 0.29) is 41.7 Å². The zero-order valence-electron chi connectivity index (χ0n) is 16.4. The highest BCUT2D eigenvalue weighted by atomic mass is 35.5. The molecule has 0 spiro atoms. The van der Waals surface area contributed by atoms with Crippen molar-refractivity contribution in [1.82, 2.24) is 9.47 Å². The van der Waals surface area contributed by atoms with Crippen molar-refractivity contribution >= 4 is 42.1 Å². The summed E-state index contributed by atoms with van der Waals surface area (Å²) < 4.78 is 39.9. The molecule has 0 radical (unpaired) electrons. The number of benzene rings is 1. The Morgan fingerprint density at radius 2 is 1.77 bits per heavy atom. The number of anilines is 1. The van der Waals surface area contributed by atoms with Crippen LogP contribution in [0, 0.1) is 0 Å². The van der Waals surface area contributed by atoms with Gasteiger partial charge < -0.3 is 5.32 Å². The standard InChI is InChI=1S/C20H23ClF3N3O.2ClH/c1-2-18(26-10-4-3-5-11-26)25-15-7-8-17(16(21)12-15)27-13-14(20(22,23)24)6-9-19(27)28;;/h6-9,12-13,18,25H,2-5,10-11H2,1H3;2*1H. The van der Waals surface area contributed by atoms with Crippen molar-refractivity contribution in [1.29, 1.82) is 0 Å². The zero-order valence-corrected chi connectivity index (χ0v) is 18.8. The summed E-state index contributed by atoms with van der Waals surface area (Å²) in [7, 11) is 0. The Labute approximate surface area is 191 Å². The summed E-state index contributed by atoms with van der Waals surface area (Å²) in [5, 5.41) is 3.65. The number of hydrogen-bond acceptors (Lipinski definition) is 3. The Morgan fingerprint density at radius 3 is 2.33 bits per heavy atom. The van der Waals surface area contributed by atoms with E-state index in [9.17, 15) is 18.0 Å². The first-order valence-electron chi connectivity index (χ1n) is 9.40. The fourth-order valence-electron chi connectivity index (χ4n) is 3.51. The topological polar surface area (TPSA) is 37.3 Å². The van der Waals surface area contributed by atoms with Gasteiger partial charge in [0.2, 0.25) is 0 Å². The first kappa shape index (κ1) is 26.6. The lowest BCUT2D eigenvalue weighted by Crippen LogP contribution is -2.43. The van der Waals surface area contributed by atoms with E-state index < -0.39 is 17.3 Å². The van der Waals surface area contributed by atoms with Crippen LogP contribution in [0.25, 0.3) is 5.69 Å². The summed E-state index contributed by atoms with van der Waals surface area (Å²) >= 11 is 6.32. The number of nitrogens with one attached hydrogen (secondary N) is 1. The first-order valence-corrected chi connectivity index (χ1v) is 9.78. The minimum atomic E-state index is -4.54. The number of nitrogens with zero attached hydrogens (tertiary/aromatic N) is 2. The predicted molar refractivity (Wildman–Crippen MR) is 120 cm³/mol. The van der Waals surface area contributed by atoms with Gasteiger partial charge in [-0.3, -0.25) is 14.3 Å². The van der Waals surface area contributed by atoms with Crippen LogP contribution in [0.15, 0.2) is 41.3 Å². The molecule has 3 rings (SSSR count). The second-order valence-corrected chi connectivity index (χ2v) is 7.36. The molecule has 10 heteroatoms. The van der Waals surface area contributed by atoms with Gasteiger partial charge in [0, 0.05) is 31.0 Å². The third kappa shape index (κ3) is 6.30. The molecule has 0 amide bonds. The molecule has 0 aliphatic carbocycles. The number of hydrogen-bond donors (Lipinski definition) is 1. The van der Waals surface area contributed by atoms with E-state index in [4.69, 9.17) is 11.6 Å². The highest BCUT2D eigenvalue weighted by Gasteiger charge is 2.31. The first-order chi connectivity index (χ1) is 13.3. The lowest BCUT2D eigenvalue weighted by Gasteiger charge is -2.35. The summed E-state index contributed by atoms with van der Waals surface area (Å²) in [6.45, 7) is 4.18. The van der Waals surface area contributed by atoms with Crippen molar-refractivity contribution in [3.8, 4) is 5.69 Å². The minimum absolute atomic E-state index is 0. The quantitative estimate of drug-likeness (QED) is 0.564. The molecule has 1 fully saturated rings. The second kappa shape index (κ2) is 11.3. The average molecular weight is 487 g/mol. The normalized spacial score (nSPS) is 15.6. The van der Waals surface area contributed by atoms with Crippen LogP contribution in [0.1, 0.15) is 38.2 Å². The summed E-state index contributed by atoms with van der Waals surface area (Å²) in [6, 6.07) is 6.62. The number of rotatable bonds is 5. The molecule has 4 nitrogen and oxygen atoms in total. The van der Waals surface area contributed by atoms with Crippen LogP contribution in [0.3, 0.4) is 0 Å². The van der Waals surface area contributed by atoms with E-state index in [1.165, 1.54) is 19.3 Å². The van der Waals surface area contributed by atoms with E-state index >= 15 is 0 Å². The van der Waals surface area contributed by atoms with E-state index in [0.29, 0.717) is 0 Å². The van der Waals surface area contributed by atoms with Crippen molar-refractivity contribution in [3.05, 3.63) is 57.5 Å². The Hall–Kier alpha value is -1.41. The summed E-state index contributed by atoms with van der Waals surface area (Å²) in [4.78, 5) is 14.5. The van der Waals surface area contributed by atoms with Gasteiger partial charge in [0.05, 0.1) is 22.4 Å². The molecular weight excluding hydrogens is 462 g/mol. The maximum Gasteiger partial charge on any atom is 0.417 e.